The first-order valence-electron chi connectivity index (χ1n) is 5.89. The van der Waals surface area contributed by atoms with Gasteiger partial charge in [-0.1, -0.05) is 56.7 Å². The number of allylic oxidation sites excluding steroid dienone is 1. The highest BCUT2D eigenvalue weighted by Crippen LogP contribution is 2.12. The number of benzene rings is 1. The zero-order chi connectivity index (χ0) is 11.7. The van der Waals surface area contributed by atoms with Crippen molar-refractivity contribution >= 4 is 0 Å². The fraction of sp³-hybridized carbons (Fsp3) is 0.467. The van der Waals surface area contributed by atoms with E-state index >= 15 is 0 Å². The molecule has 1 atom stereocenters. The molecule has 0 aliphatic heterocycles. The van der Waals surface area contributed by atoms with E-state index in [9.17, 15) is 0 Å². The van der Waals surface area contributed by atoms with Crippen LogP contribution in [0.15, 0.2) is 36.9 Å². The second-order valence-electron chi connectivity index (χ2n) is 3.82. The van der Waals surface area contributed by atoms with Gasteiger partial charge in [-0.15, -0.1) is 6.58 Å². The molecule has 0 saturated carbocycles. The predicted molar refractivity (Wildman–Crippen MR) is 70.2 cm³/mol. The summed E-state index contributed by atoms with van der Waals surface area (Å²) in [4.78, 5) is 0. The standard InChI is InChI=1S/C13H18.C2H6/c1-4-5-12(3)10-13-8-6-11(2)7-9-13;1-2/h4,6-9,12H,1,5,10H2,2-3H3;1-2H3. The highest BCUT2D eigenvalue weighted by atomic mass is 14.1. The van der Waals surface area contributed by atoms with E-state index in [0.717, 1.165) is 12.8 Å². The van der Waals surface area contributed by atoms with Crippen molar-refractivity contribution in [2.45, 2.75) is 40.5 Å². The summed E-state index contributed by atoms with van der Waals surface area (Å²) in [7, 11) is 0. The van der Waals surface area contributed by atoms with Crippen molar-refractivity contribution in [3.05, 3.63) is 48.0 Å². The maximum absolute atomic E-state index is 3.76. The summed E-state index contributed by atoms with van der Waals surface area (Å²) in [5, 5.41) is 0. The highest BCUT2D eigenvalue weighted by Gasteiger charge is 2.00. The van der Waals surface area contributed by atoms with Crippen LogP contribution in [0.4, 0.5) is 0 Å². The average molecular weight is 204 g/mol. The van der Waals surface area contributed by atoms with Crippen molar-refractivity contribution in [3.63, 3.8) is 0 Å². The summed E-state index contributed by atoms with van der Waals surface area (Å²) in [6.45, 7) is 12.1. The van der Waals surface area contributed by atoms with E-state index < -0.39 is 0 Å². The first-order valence-corrected chi connectivity index (χ1v) is 5.89. The molecule has 84 valence electrons. The lowest BCUT2D eigenvalue weighted by atomic mass is 9.98. The lowest BCUT2D eigenvalue weighted by Gasteiger charge is -2.08. The monoisotopic (exact) mass is 204 g/mol. The Labute approximate surface area is 95.0 Å². The van der Waals surface area contributed by atoms with Gasteiger partial charge < -0.3 is 0 Å². The molecular formula is C15H24. The summed E-state index contributed by atoms with van der Waals surface area (Å²) in [6, 6.07) is 8.79. The maximum Gasteiger partial charge on any atom is -0.0250 e. The third kappa shape index (κ3) is 6.11. The van der Waals surface area contributed by atoms with Gasteiger partial charge >= 0.3 is 0 Å². The molecule has 0 N–H and O–H groups in total. The van der Waals surface area contributed by atoms with Crippen LogP contribution in [0.3, 0.4) is 0 Å². The molecule has 0 radical (unpaired) electrons. The fourth-order valence-electron chi connectivity index (χ4n) is 1.49. The number of hydrogen-bond acceptors (Lipinski definition) is 0. The highest BCUT2D eigenvalue weighted by molar-refractivity contribution is 5.21. The Kier molecular flexibility index (Phi) is 7.71. The molecule has 0 aliphatic rings. The van der Waals surface area contributed by atoms with Gasteiger partial charge in [0.15, 0.2) is 0 Å². The molecule has 1 aromatic rings. The Bertz CT molecular complexity index is 256. The van der Waals surface area contributed by atoms with Crippen LogP contribution in [0.5, 0.6) is 0 Å². The van der Waals surface area contributed by atoms with E-state index in [2.05, 4.69) is 44.7 Å². The molecule has 1 aromatic carbocycles. The molecule has 0 fully saturated rings. The molecule has 0 aliphatic carbocycles. The van der Waals surface area contributed by atoms with Gasteiger partial charge in [-0.05, 0) is 31.2 Å². The van der Waals surface area contributed by atoms with Crippen molar-refractivity contribution in [2.75, 3.05) is 0 Å². The zero-order valence-corrected chi connectivity index (χ0v) is 10.6. The molecule has 0 bridgehead atoms. The van der Waals surface area contributed by atoms with Gasteiger partial charge in [-0.2, -0.15) is 0 Å². The summed E-state index contributed by atoms with van der Waals surface area (Å²) < 4.78 is 0. The Morgan fingerprint density at radius 3 is 2.20 bits per heavy atom. The van der Waals surface area contributed by atoms with Gasteiger partial charge in [0.1, 0.15) is 0 Å². The first-order chi connectivity index (χ1) is 7.22. The minimum atomic E-state index is 0.709. The van der Waals surface area contributed by atoms with Crippen LogP contribution >= 0.6 is 0 Å². The summed E-state index contributed by atoms with van der Waals surface area (Å²) in [5.74, 6) is 0.709. The van der Waals surface area contributed by atoms with Gasteiger partial charge in [0.2, 0.25) is 0 Å². The normalized spacial score (nSPS) is 11.2. The van der Waals surface area contributed by atoms with Crippen LogP contribution in [0.25, 0.3) is 0 Å². The molecule has 0 aromatic heterocycles. The van der Waals surface area contributed by atoms with Crippen LogP contribution in [0.2, 0.25) is 0 Å². The first kappa shape index (κ1) is 14.0. The van der Waals surface area contributed by atoms with Crippen molar-refractivity contribution in [1.82, 2.24) is 0 Å². The second kappa shape index (κ2) is 8.28. The summed E-state index contributed by atoms with van der Waals surface area (Å²) in [6.07, 6.45) is 4.26. The minimum Gasteiger partial charge on any atom is -0.103 e. The van der Waals surface area contributed by atoms with Crippen LogP contribution in [-0.2, 0) is 6.42 Å². The Morgan fingerprint density at radius 2 is 1.73 bits per heavy atom. The molecule has 0 nitrogen and oxygen atoms in total. The smallest absolute Gasteiger partial charge is 0.0250 e. The lowest BCUT2D eigenvalue weighted by molar-refractivity contribution is 0.590. The molecule has 0 amide bonds. The van der Waals surface area contributed by atoms with Gasteiger partial charge in [0.25, 0.3) is 0 Å². The van der Waals surface area contributed by atoms with E-state index in [-0.39, 0.29) is 0 Å². The van der Waals surface area contributed by atoms with Crippen LogP contribution < -0.4 is 0 Å². The van der Waals surface area contributed by atoms with Gasteiger partial charge in [-0.3, -0.25) is 0 Å². The van der Waals surface area contributed by atoms with Gasteiger partial charge in [-0.25, -0.2) is 0 Å². The summed E-state index contributed by atoms with van der Waals surface area (Å²) in [5.41, 5.74) is 2.76. The number of aryl methyl sites for hydroxylation is 1. The Morgan fingerprint density at radius 1 is 1.20 bits per heavy atom. The summed E-state index contributed by atoms with van der Waals surface area (Å²) >= 11 is 0. The molecule has 1 unspecified atom stereocenters. The Balaban J connectivity index is 0.000000921. The van der Waals surface area contributed by atoms with Crippen LogP contribution in [0, 0.1) is 12.8 Å². The molecule has 0 saturated heterocycles. The number of rotatable bonds is 4. The largest absolute Gasteiger partial charge is 0.103 e. The molecular weight excluding hydrogens is 180 g/mol. The molecule has 0 spiro atoms. The topological polar surface area (TPSA) is 0 Å². The third-order valence-corrected chi connectivity index (χ3v) is 2.27. The van der Waals surface area contributed by atoms with E-state index in [1.165, 1.54) is 11.1 Å². The SMILES string of the molecule is C=CCC(C)Cc1ccc(C)cc1.CC. The van der Waals surface area contributed by atoms with Crippen molar-refractivity contribution in [2.24, 2.45) is 5.92 Å². The molecule has 1 rings (SSSR count). The Hall–Kier alpha value is -1.04. The minimum absolute atomic E-state index is 0.709. The average Bonchev–Trinajstić information content (AvgIpc) is 2.25. The maximum atomic E-state index is 3.76. The van der Waals surface area contributed by atoms with Crippen molar-refractivity contribution in [3.8, 4) is 0 Å². The van der Waals surface area contributed by atoms with Crippen LogP contribution in [0.1, 0.15) is 38.3 Å². The predicted octanol–water partition coefficient (Wildman–Crippen LogP) is 4.78. The molecule has 0 heteroatoms. The van der Waals surface area contributed by atoms with Gasteiger partial charge in [0.05, 0.1) is 0 Å². The number of hydrogen-bond donors (Lipinski definition) is 0. The van der Waals surface area contributed by atoms with Crippen LogP contribution in [-0.4, -0.2) is 0 Å². The van der Waals surface area contributed by atoms with E-state index in [1.807, 2.05) is 19.9 Å². The van der Waals surface area contributed by atoms with E-state index in [0.29, 0.717) is 5.92 Å². The third-order valence-electron chi connectivity index (χ3n) is 2.27. The second-order valence-corrected chi connectivity index (χ2v) is 3.82. The van der Waals surface area contributed by atoms with E-state index in [1.54, 1.807) is 0 Å². The quantitative estimate of drug-likeness (QED) is 0.619. The molecule has 15 heavy (non-hydrogen) atoms. The van der Waals surface area contributed by atoms with Gasteiger partial charge in [0, 0.05) is 0 Å². The van der Waals surface area contributed by atoms with E-state index in [4.69, 9.17) is 0 Å². The lowest BCUT2D eigenvalue weighted by Crippen LogP contribution is -1.97. The molecule has 0 heterocycles. The zero-order valence-electron chi connectivity index (χ0n) is 10.6. The van der Waals surface area contributed by atoms with Crippen molar-refractivity contribution < 1.29 is 0 Å². The fourth-order valence-corrected chi connectivity index (χ4v) is 1.49. The van der Waals surface area contributed by atoms with Crippen molar-refractivity contribution in [1.29, 1.82) is 0 Å².